The van der Waals surface area contributed by atoms with Crippen LogP contribution in [0.5, 0.6) is 0 Å². The van der Waals surface area contributed by atoms with Gasteiger partial charge in [0.15, 0.2) is 0 Å². The van der Waals surface area contributed by atoms with Crippen LogP contribution in [0.2, 0.25) is 0 Å². The lowest BCUT2D eigenvalue weighted by Crippen LogP contribution is -2.25. The maximum absolute atomic E-state index is 5.88. The second-order valence-electron chi connectivity index (χ2n) is 4.96. The monoisotopic (exact) mass is 199 g/mol. The van der Waals surface area contributed by atoms with Crippen molar-refractivity contribution in [3.05, 3.63) is 0 Å². The van der Waals surface area contributed by atoms with Gasteiger partial charge in [0.25, 0.3) is 0 Å². The fraction of sp³-hybridized carbons (Fsp3) is 1.00. The van der Waals surface area contributed by atoms with Crippen LogP contribution >= 0.6 is 0 Å². The van der Waals surface area contributed by atoms with E-state index in [1.807, 2.05) is 0 Å². The maximum Gasteiger partial charge on any atom is 0.0577 e. The Balaban J connectivity index is 2.18. The lowest BCUT2D eigenvalue weighted by Gasteiger charge is -2.29. The van der Waals surface area contributed by atoms with E-state index in [0.29, 0.717) is 12.0 Å². The van der Waals surface area contributed by atoms with Gasteiger partial charge in [0.1, 0.15) is 0 Å². The van der Waals surface area contributed by atoms with Gasteiger partial charge in [-0.3, -0.25) is 0 Å². The minimum atomic E-state index is 0.516. The standard InChI is InChI=1S/C12H25NO/c1-10(2)9-14-12-5-3-4-11(8-12)6-7-13/h10-12H,3-9,13H2,1-2H3. The zero-order chi connectivity index (χ0) is 10.4. The van der Waals surface area contributed by atoms with Crippen molar-refractivity contribution in [2.24, 2.45) is 17.6 Å². The lowest BCUT2D eigenvalue weighted by molar-refractivity contribution is -0.000800. The first kappa shape index (κ1) is 12.0. The molecule has 0 amide bonds. The molecule has 0 bridgehead atoms. The Morgan fingerprint density at radius 3 is 2.79 bits per heavy atom. The molecule has 84 valence electrons. The molecule has 1 aliphatic rings. The fourth-order valence-electron chi connectivity index (χ4n) is 2.22. The van der Waals surface area contributed by atoms with E-state index in [2.05, 4.69) is 13.8 Å². The first-order chi connectivity index (χ1) is 6.72. The van der Waals surface area contributed by atoms with Crippen molar-refractivity contribution in [3.63, 3.8) is 0 Å². The van der Waals surface area contributed by atoms with Crippen LogP contribution in [0.25, 0.3) is 0 Å². The summed E-state index contributed by atoms with van der Waals surface area (Å²) in [6.07, 6.45) is 6.88. The molecule has 1 saturated carbocycles. The van der Waals surface area contributed by atoms with Gasteiger partial charge in [-0.15, -0.1) is 0 Å². The van der Waals surface area contributed by atoms with E-state index in [0.717, 1.165) is 19.1 Å². The van der Waals surface area contributed by atoms with Crippen molar-refractivity contribution in [2.75, 3.05) is 13.2 Å². The Morgan fingerprint density at radius 2 is 2.14 bits per heavy atom. The lowest BCUT2D eigenvalue weighted by atomic mass is 9.85. The summed E-state index contributed by atoms with van der Waals surface area (Å²) >= 11 is 0. The van der Waals surface area contributed by atoms with Crippen LogP contribution in [0.15, 0.2) is 0 Å². The molecule has 0 aromatic heterocycles. The maximum atomic E-state index is 5.88. The highest BCUT2D eigenvalue weighted by molar-refractivity contribution is 4.73. The summed E-state index contributed by atoms with van der Waals surface area (Å²) in [6.45, 7) is 6.17. The highest BCUT2D eigenvalue weighted by Crippen LogP contribution is 2.28. The van der Waals surface area contributed by atoms with Crippen molar-refractivity contribution in [3.8, 4) is 0 Å². The van der Waals surface area contributed by atoms with Crippen LogP contribution in [0, 0.1) is 11.8 Å². The van der Waals surface area contributed by atoms with E-state index < -0.39 is 0 Å². The van der Waals surface area contributed by atoms with Gasteiger partial charge in [-0.1, -0.05) is 26.7 Å². The Morgan fingerprint density at radius 1 is 1.36 bits per heavy atom. The molecule has 14 heavy (non-hydrogen) atoms. The minimum absolute atomic E-state index is 0.516. The molecule has 2 N–H and O–H groups in total. The van der Waals surface area contributed by atoms with E-state index >= 15 is 0 Å². The van der Waals surface area contributed by atoms with E-state index in [1.165, 1.54) is 32.1 Å². The SMILES string of the molecule is CC(C)COC1CCCC(CCN)C1. The highest BCUT2D eigenvalue weighted by atomic mass is 16.5. The molecule has 0 aromatic rings. The molecule has 2 heteroatoms. The van der Waals surface area contributed by atoms with Gasteiger partial charge in [-0.25, -0.2) is 0 Å². The summed E-state index contributed by atoms with van der Waals surface area (Å²) in [5, 5.41) is 0. The van der Waals surface area contributed by atoms with Crippen molar-refractivity contribution >= 4 is 0 Å². The smallest absolute Gasteiger partial charge is 0.0577 e. The van der Waals surface area contributed by atoms with Crippen molar-refractivity contribution in [1.82, 2.24) is 0 Å². The normalized spacial score (nSPS) is 28.3. The van der Waals surface area contributed by atoms with Crippen LogP contribution in [-0.2, 0) is 4.74 Å². The molecule has 1 rings (SSSR count). The summed E-state index contributed by atoms with van der Waals surface area (Å²) < 4.78 is 5.88. The van der Waals surface area contributed by atoms with Crippen LogP contribution in [0.1, 0.15) is 46.0 Å². The average molecular weight is 199 g/mol. The third-order valence-corrected chi connectivity index (χ3v) is 2.97. The predicted octanol–water partition coefficient (Wildman–Crippen LogP) is 2.57. The number of ether oxygens (including phenoxy) is 1. The van der Waals surface area contributed by atoms with Gasteiger partial charge in [0, 0.05) is 6.61 Å². The molecule has 0 radical (unpaired) electrons. The minimum Gasteiger partial charge on any atom is -0.378 e. The van der Waals surface area contributed by atoms with Crippen LogP contribution in [0.3, 0.4) is 0 Å². The van der Waals surface area contributed by atoms with E-state index in [9.17, 15) is 0 Å². The van der Waals surface area contributed by atoms with Crippen LogP contribution in [0.4, 0.5) is 0 Å². The molecule has 1 fully saturated rings. The first-order valence-electron chi connectivity index (χ1n) is 6.04. The molecule has 0 spiro atoms. The Kier molecular flexibility index (Phi) is 5.49. The van der Waals surface area contributed by atoms with Crippen LogP contribution < -0.4 is 5.73 Å². The van der Waals surface area contributed by atoms with Crippen molar-refractivity contribution < 1.29 is 4.74 Å². The van der Waals surface area contributed by atoms with Crippen molar-refractivity contribution in [1.29, 1.82) is 0 Å². The second-order valence-corrected chi connectivity index (χ2v) is 4.96. The Labute approximate surface area is 88.2 Å². The zero-order valence-corrected chi connectivity index (χ0v) is 9.67. The van der Waals surface area contributed by atoms with Gasteiger partial charge < -0.3 is 10.5 Å². The number of rotatable bonds is 5. The summed E-state index contributed by atoms with van der Waals surface area (Å²) in [5.74, 6) is 1.48. The Hall–Kier alpha value is -0.0800. The Bertz CT molecular complexity index is 145. The quantitative estimate of drug-likeness (QED) is 0.738. The predicted molar refractivity (Wildman–Crippen MR) is 60.2 cm³/mol. The van der Waals surface area contributed by atoms with Gasteiger partial charge in [-0.2, -0.15) is 0 Å². The third-order valence-electron chi connectivity index (χ3n) is 2.97. The van der Waals surface area contributed by atoms with Gasteiger partial charge in [0.2, 0.25) is 0 Å². The van der Waals surface area contributed by atoms with Crippen molar-refractivity contribution in [2.45, 2.75) is 52.1 Å². The molecule has 0 aliphatic heterocycles. The topological polar surface area (TPSA) is 35.2 Å². The summed E-state index contributed by atoms with van der Waals surface area (Å²) in [7, 11) is 0. The third kappa shape index (κ3) is 4.43. The number of hydrogen-bond acceptors (Lipinski definition) is 2. The molecule has 1 aliphatic carbocycles. The molecule has 2 nitrogen and oxygen atoms in total. The van der Waals surface area contributed by atoms with E-state index in [-0.39, 0.29) is 0 Å². The number of nitrogens with two attached hydrogens (primary N) is 1. The fourth-order valence-corrected chi connectivity index (χ4v) is 2.22. The summed E-state index contributed by atoms with van der Waals surface area (Å²) in [4.78, 5) is 0. The van der Waals surface area contributed by atoms with E-state index in [1.54, 1.807) is 0 Å². The molecule has 0 heterocycles. The zero-order valence-electron chi connectivity index (χ0n) is 9.67. The molecule has 0 saturated heterocycles. The molecule has 2 atom stereocenters. The highest BCUT2D eigenvalue weighted by Gasteiger charge is 2.21. The summed E-state index contributed by atoms with van der Waals surface area (Å²) in [5.41, 5.74) is 5.59. The molecular weight excluding hydrogens is 174 g/mol. The molecule has 0 aromatic carbocycles. The van der Waals surface area contributed by atoms with E-state index in [4.69, 9.17) is 10.5 Å². The second kappa shape index (κ2) is 6.41. The van der Waals surface area contributed by atoms with Gasteiger partial charge >= 0.3 is 0 Å². The average Bonchev–Trinajstić information content (AvgIpc) is 2.16. The van der Waals surface area contributed by atoms with Gasteiger partial charge in [-0.05, 0) is 37.6 Å². The first-order valence-corrected chi connectivity index (χ1v) is 6.04. The van der Waals surface area contributed by atoms with Gasteiger partial charge in [0.05, 0.1) is 6.10 Å². The van der Waals surface area contributed by atoms with Crippen LogP contribution in [-0.4, -0.2) is 19.3 Å². The summed E-state index contributed by atoms with van der Waals surface area (Å²) in [6, 6.07) is 0. The molecular formula is C12H25NO. The largest absolute Gasteiger partial charge is 0.378 e. The number of hydrogen-bond donors (Lipinski definition) is 1. The molecule has 2 unspecified atom stereocenters.